The van der Waals surface area contributed by atoms with Crippen molar-refractivity contribution in [3.8, 4) is 0 Å². The second kappa shape index (κ2) is 5.98. The minimum atomic E-state index is 0.745. The van der Waals surface area contributed by atoms with Crippen LogP contribution in [0.1, 0.15) is 18.4 Å². The zero-order valence-corrected chi connectivity index (χ0v) is 12.3. The molecule has 17 heavy (non-hydrogen) atoms. The Labute approximate surface area is 113 Å². The highest BCUT2D eigenvalue weighted by molar-refractivity contribution is 9.10. The molecule has 1 aromatic carbocycles. The van der Waals surface area contributed by atoms with Gasteiger partial charge in [-0.1, -0.05) is 28.1 Å². The normalized spacial score (nSPS) is 18.8. The topological polar surface area (TPSA) is 6.48 Å². The molecule has 0 amide bonds. The van der Waals surface area contributed by atoms with Crippen molar-refractivity contribution in [3.05, 3.63) is 34.3 Å². The standard InChI is InChI=1S/C14H21BrN2/c1-16-9-7-14(8-10-16)17(2)11-12-3-5-13(15)6-4-12/h3-6,14H,7-11H2,1-2H3. The molecule has 0 bridgehead atoms. The van der Waals surface area contributed by atoms with Crippen molar-refractivity contribution in [2.75, 3.05) is 27.2 Å². The number of halogens is 1. The fourth-order valence-electron chi connectivity index (χ4n) is 2.44. The van der Waals surface area contributed by atoms with Crippen LogP contribution in [0.2, 0.25) is 0 Å². The van der Waals surface area contributed by atoms with Crippen LogP contribution in [0.25, 0.3) is 0 Å². The third-order valence-corrected chi connectivity index (χ3v) is 4.19. The highest BCUT2D eigenvalue weighted by Gasteiger charge is 2.20. The van der Waals surface area contributed by atoms with Gasteiger partial charge in [-0.05, 0) is 57.7 Å². The van der Waals surface area contributed by atoms with Crippen molar-refractivity contribution < 1.29 is 0 Å². The maximum absolute atomic E-state index is 3.48. The van der Waals surface area contributed by atoms with E-state index in [2.05, 4.69) is 64.1 Å². The molecular formula is C14H21BrN2. The highest BCUT2D eigenvalue weighted by atomic mass is 79.9. The summed E-state index contributed by atoms with van der Waals surface area (Å²) in [6, 6.07) is 9.40. The molecule has 3 heteroatoms. The van der Waals surface area contributed by atoms with Gasteiger partial charge in [0, 0.05) is 17.1 Å². The summed E-state index contributed by atoms with van der Waals surface area (Å²) >= 11 is 3.48. The Morgan fingerprint density at radius 3 is 2.41 bits per heavy atom. The predicted molar refractivity (Wildman–Crippen MR) is 76.1 cm³/mol. The Bertz CT molecular complexity index is 342. The molecule has 94 valence electrons. The molecule has 0 atom stereocenters. The molecule has 1 aromatic rings. The number of hydrogen-bond acceptors (Lipinski definition) is 2. The number of likely N-dealkylation sites (tertiary alicyclic amines) is 1. The fourth-order valence-corrected chi connectivity index (χ4v) is 2.71. The van der Waals surface area contributed by atoms with Crippen LogP contribution in [0.5, 0.6) is 0 Å². The van der Waals surface area contributed by atoms with E-state index in [9.17, 15) is 0 Å². The molecule has 1 aliphatic rings. The van der Waals surface area contributed by atoms with Crippen LogP contribution in [-0.4, -0.2) is 43.0 Å². The molecule has 1 heterocycles. The lowest BCUT2D eigenvalue weighted by molar-refractivity contribution is 0.139. The first-order valence-corrected chi connectivity index (χ1v) is 7.07. The lowest BCUT2D eigenvalue weighted by atomic mass is 10.0. The smallest absolute Gasteiger partial charge is 0.0233 e. The van der Waals surface area contributed by atoms with E-state index in [-0.39, 0.29) is 0 Å². The number of piperidine rings is 1. The van der Waals surface area contributed by atoms with Crippen molar-refractivity contribution >= 4 is 15.9 Å². The van der Waals surface area contributed by atoms with Crippen molar-refractivity contribution in [1.82, 2.24) is 9.80 Å². The summed E-state index contributed by atoms with van der Waals surface area (Å²) < 4.78 is 1.16. The van der Waals surface area contributed by atoms with Gasteiger partial charge in [0.25, 0.3) is 0 Å². The molecule has 0 radical (unpaired) electrons. The van der Waals surface area contributed by atoms with Crippen LogP contribution in [0, 0.1) is 0 Å². The van der Waals surface area contributed by atoms with Crippen molar-refractivity contribution in [1.29, 1.82) is 0 Å². The molecule has 0 N–H and O–H groups in total. The molecule has 0 spiro atoms. The second-order valence-electron chi connectivity index (χ2n) is 5.08. The molecule has 1 aliphatic heterocycles. The zero-order valence-electron chi connectivity index (χ0n) is 10.7. The Morgan fingerprint density at radius 2 is 1.82 bits per heavy atom. The van der Waals surface area contributed by atoms with Crippen LogP contribution < -0.4 is 0 Å². The molecule has 0 aromatic heterocycles. The molecule has 2 rings (SSSR count). The third-order valence-electron chi connectivity index (χ3n) is 3.66. The molecule has 2 nitrogen and oxygen atoms in total. The van der Waals surface area contributed by atoms with Crippen molar-refractivity contribution in [3.63, 3.8) is 0 Å². The summed E-state index contributed by atoms with van der Waals surface area (Å²) in [5.74, 6) is 0. The number of benzene rings is 1. The molecule has 0 saturated carbocycles. The van der Waals surface area contributed by atoms with Crippen LogP contribution in [0.4, 0.5) is 0 Å². The minimum Gasteiger partial charge on any atom is -0.306 e. The van der Waals surface area contributed by atoms with Crippen molar-refractivity contribution in [2.24, 2.45) is 0 Å². The predicted octanol–water partition coefficient (Wildman–Crippen LogP) is 2.98. The van der Waals surface area contributed by atoms with E-state index in [1.54, 1.807) is 0 Å². The number of nitrogens with zero attached hydrogens (tertiary/aromatic N) is 2. The monoisotopic (exact) mass is 296 g/mol. The first kappa shape index (κ1) is 13.1. The summed E-state index contributed by atoms with van der Waals surface area (Å²) in [5.41, 5.74) is 1.40. The van der Waals surface area contributed by atoms with Gasteiger partial charge >= 0.3 is 0 Å². The van der Waals surface area contributed by atoms with E-state index in [1.165, 1.54) is 31.5 Å². The summed E-state index contributed by atoms with van der Waals surface area (Å²) in [5, 5.41) is 0. The van der Waals surface area contributed by atoms with Gasteiger partial charge in [-0.15, -0.1) is 0 Å². The molecule has 1 fully saturated rings. The van der Waals surface area contributed by atoms with Crippen LogP contribution in [-0.2, 0) is 6.54 Å². The number of rotatable bonds is 3. The SMILES string of the molecule is CN1CCC(N(C)Cc2ccc(Br)cc2)CC1. The van der Waals surface area contributed by atoms with Gasteiger partial charge in [0.2, 0.25) is 0 Å². The van der Waals surface area contributed by atoms with Gasteiger partial charge < -0.3 is 4.90 Å². The average Bonchev–Trinajstić information content (AvgIpc) is 2.33. The van der Waals surface area contributed by atoms with Gasteiger partial charge in [-0.3, -0.25) is 4.90 Å². The van der Waals surface area contributed by atoms with Gasteiger partial charge in [0.15, 0.2) is 0 Å². The van der Waals surface area contributed by atoms with E-state index in [0.717, 1.165) is 17.1 Å². The summed E-state index contributed by atoms with van der Waals surface area (Å²) in [4.78, 5) is 4.92. The molecule has 0 unspecified atom stereocenters. The fraction of sp³-hybridized carbons (Fsp3) is 0.571. The maximum Gasteiger partial charge on any atom is 0.0233 e. The Balaban J connectivity index is 1.88. The summed E-state index contributed by atoms with van der Waals surface area (Å²) in [6.07, 6.45) is 2.59. The van der Waals surface area contributed by atoms with E-state index in [4.69, 9.17) is 0 Å². The quantitative estimate of drug-likeness (QED) is 0.846. The summed E-state index contributed by atoms with van der Waals surface area (Å²) in [6.45, 7) is 3.52. The summed E-state index contributed by atoms with van der Waals surface area (Å²) in [7, 11) is 4.46. The Hall–Kier alpha value is -0.380. The lowest BCUT2D eigenvalue weighted by Gasteiger charge is -2.35. The van der Waals surface area contributed by atoms with Gasteiger partial charge in [-0.25, -0.2) is 0 Å². The van der Waals surface area contributed by atoms with Gasteiger partial charge in [0.1, 0.15) is 0 Å². The van der Waals surface area contributed by atoms with E-state index in [0.29, 0.717) is 0 Å². The van der Waals surface area contributed by atoms with Gasteiger partial charge in [-0.2, -0.15) is 0 Å². The lowest BCUT2D eigenvalue weighted by Crippen LogP contribution is -2.41. The van der Waals surface area contributed by atoms with E-state index < -0.39 is 0 Å². The highest BCUT2D eigenvalue weighted by Crippen LogP contribution is 2.17. The van der Waals surface area contributed by atoms with E-state index >= 15 is 0 Å². The van der Waals surface area contributed by atoms with Crippen LogP contribution >= 0.6 is 15.9 Å². The van der Waals surface area contributed by atoms with E-state index in [1.807, 2.05) is 0 Å². The van der Waals surface area contributed by atoms with Crippen molar-refractivity contribution in [2.45, 2.75) is 25.4 Å². The number of hydrogen-bond donors (Lipinski definition) is 0. The van der Waals surface area contributed by atoms with Crippen LogP contribution in [0.3, 0.4) is 0 Å². The van der Waals surface area contributed by atoms with Gasteiger partial charge in [0.05, 0.1) is 0 Å². The minimum absolute atomic E-state index is 0.745. The average molecular weight is 297 g/mol. The van der Waals surface area contributed by atoms with Crippen LogP contribution in [0.15, 0.2) is 28.7 Å². The Kier molecular flexibility index (Phi) is 4.60. The molecular weight excluding hydrogens is 276 g/mol. The Morgan fingerprint density at radius 1 is 1.24 bits per heavy atom. The molecule has 0 aliphatic carbocycles. The zero-order chi connectivity index (χ0) is 12.3. The first-order chi connectivity index (χ1) is 8.15. The first-order valence-electron chi connectivity index (χ1n) is 6.28. The second-order valence-corrected chi connectivity index (χ2v) is 5.99. The maximum atomic E-state index is 3.48. The third kappa shape index (κ3) is 3.80. The largest absolute Gasteiger partial charge is 0.306 e. The molecule has 1 saturated heterocycles.